The van der Waals surface area contributed by atoms with E-state index >= 15 is 0 Å². The van der Waals surface area contributed by atoms with E-state index in [2.05, 4.69) is 10.2 Å². The first kappa shape index (κ1) is 14.7. The summed E-state index contributed by atoms with van der Waals surface area (Å²) in [6.45, 7) is 5.07. The van der Waals surface area contributed by atoms with Crippen molar-refractivity contribution in [2.45, 2.75) is 32.1 Å². The molecule has 0 aliphatic carbocycles. The molecule has 1 heterocycles. The fourth-order valence-corrected chi connectivity index (χ4v) is 3.50. The van der Waals surface area contributed by atoms with E-state index in [1.807, 2.05) is 0 Å². The zero-order valence-corrected chi connectivity index (χ0v) is 11.4. The quantitative estimate of drug-likeness (QED) is 0.787. The minimum Gasteiger partial charge on any atom is -0.481 e. The molecule has 0 amide bonds. The third-order valence-corrected chi connectivity index (χ3v) is 4.82. The summed E-state index contributed by atoms with van der Waals surface area (Å²) in [5, 5.41) is 15.1. The van der Waals surface area contributed by atoms with E-state index in [1.165, 1.54) is 0 Å². The first-order valence-electron chi connectivity index (χ1n) is 5.54. The maximum atomic E-state index is 12.4. The molecule has 0 aromatic carbocycles. The Morgan fingerprint density at radius 3 is 2.44 bits per heavy atom. The number of nitrogens with zero attached hydrogens (tertiary/aromatic N) is 2. The molecule has 0 spiro atoms. The predicted octanol–water partition coefficient (Wildman–Crippen LogP) is 0.512. The minimum absolute atomic E-state index is 0.0434. The second-order valence-electron chi connectivity index (χ2n) is 3.90. The highest BCUT2D eigenvalue weighted by atomic mass is 32.2. The van der Waals surface area contributed by atoms with Crippen LogP contribution in [0.1, 0.15) is 24.7 Å². The summed E-state index contributed by atoms with van der Waals surface area (Å²) in [7, 11) is -3.69. The molecule has 7 nitrogen and oxygen atoms in total. The van der Waals surface area contributed by atoms with Gasteiger partial charge in [-0.2, -0.15) is 9.40 Å². The van der Waals surface area contributed by atoms with Crippen LogP contribution < -0.4 is 0 Å². The maximum Gasteiger partial charge on any atom is 0.304 e. The molecule has 2 N–H and O–H groups in total. The van der Waals surface area contributed by atoms with Gasteiger partial charge in [-0.05, 0) is 13.8 Å². The van der Waals surface area contributed by atoms with Gasteiger partial charge in [0.15, 0.2) is 0 Å². The zero-order valence-electron chi connectivity index (χ0n) is 10.6. The first-order valence-corrected chi connectivity index (χ1v) is 6.98. The Hall–Kier alpha value is -1.41. The smallest absolute Gasteiger partial charge is 0.304 e. The van der Waals surface area contributed by atoms with Crippen LogP contribution in [0.2, 0.25) is 0 Å². The van der Waals surface area contributed by atoms with Crippen LogP contribution in [0.5, 0.6) is 0 Å². The number of aromatic amines is 1. The van der Waals surface area contributed by atoms with Crippen molar-refractivity contribution in [2.24, 2.45) is 0 Å². The fourth-order valence-electron chi connectivity index (χ4n) is 1.72. The highest BCUT2D eigenvalue weighted by Gasteiger charge is 2.28. The van der Waals surface area contributed by atoms with E-state index in [-0.39, 0.29) is 24.4 Å². The van der Waals surface area contributed by atoms with Crippen molar-refractivity contribution >= 4 is 16.0 Å². The molecule has 0 aliphatic rings. The number of carbonyl (C=O) groups is 1. The van der Waals surface area contributed by atoms with Crippen LogP contribution in [0.4, 0.5) is 0 Å². The number of sulfonamides is 1. The van der Waals surface area contributed by atoms with Crippen molar-refractivity contribution < 1.29 is 18.3 Å². The Bertz CT molecular complexity index is 516. The van der Waals surface area contributed by atoms with E-state index < -0.39 is 16.0 Å². The van der Waals surface area contributed by atoms with Gasteiger partial charge in [0.25, 0.3) is 0 Å². The normalized spacial score (nSPS) is 12.0. The molecule has 1 rings (SSSR count). The Morgan fingerprint density at radius 2 is 2.06 bits per heavy atom. The summed E-state index contributed by atoms with van der Waals surface area (Å²) in [4.78, 5) is 10.7. The Kier molecular flexibility index (Phi) is 4.47. The van der Waals surface area contributed by atoms with E-state index in [1.54, 1.807) is 20.8 Å². The highest BCUT2D eigenvalue weighted by molar-refractivity contribution is 7.89. The summed E-state index contributed by atoms with van der Waals surface area (Å²) in [5.74, 6) is -1.02. The Balaban J connectivity index is 3.07. The molecule has 0 unspecified atom stereocenters. The summed E-state index contributed by atoms with van der Waals surface area (Å²) < 4.78 is 25.8. The highest BCUT2D eigenvalue weighted by Crippen LogP contribution is 2.21. The van der Waals surface area contributed by atoms with E-state index in [0.29, 0.717) is 11.4 Å². The molecule has 0 aliphatic heterocycles. The van der Waals surface area contributed by atoms with Crippen LogP contribution in [0.25, 0.3) is 0 Å². The number of aliphatic carboxylic acids is 1. The summed E-state index contributed by atoms with van der Waals surface area (Å²) in [5.41, 5.74) is 0.850. The molecular weight excluding hydrogens is 258 g/mol. The monoisotopic (exact) mass is 275 g/mol. The second-order valence-corrected chi connectivity index (χ2v) is 5.78. The number of aryl methyl sites for hydroxylation is 2. The van der Waals surface area contributed by atoms with Gasteiger partial charge in [-0.25, -0.2) is 8.42 Å². The molecule has 0 bridgehead atoms. The zero-order chi connectivity index (χ0) is 13.9. The molecule has 18 heavy (non-hydrogen) atoms. The van der Waals surface area contributed by atoms with Gasteiger partial charge >= 0.3 is 5.97 Å². The van der Waals surface area contributed by atoms with Crippen molar-refractivity contribution in [2.75, 3.05) is 13.1 Å². The SMILES string of the molecule is CCN(CCC(=O)O)S(=O)(=O)c1c(C)n[nH]c1C. The number of rotatable bonds is 6. The molecule has 0 radical (unpaired) electrons. The van der Waals surface area contributed by atoms with Crippen LogP contribution >= 0.6 is 0 Å². The lowest BCUT2D eigenvalue weighted by molar-refractivity contribution is -0.137. The van der Waals surface area contributed by atoms with Crippen LogP contribution in [-0.2, 0) is 14.8 Å². The third-order valence-electron chi connectivity index (χ3n) is 2.59. The molecule has 0 saturated heterocycles. The van der Waals surface area contributed by atoms with E-state index in [4.69, 9.17) is 5.11 Å². The fraction of sp³-hybridized carbons (Fsp3) is 0.600. The van der Waals surface area contributed by atoms with Gasteiger partial charge in [-0.15, -0.1) is 0 Å². The van der Waals surface area contributed by atoms with E-state index in [9.17, 15) is 13.2 Å². The Labute approximate surface area is 106 Å². The number of carboxylic acid groups (broad SMARTS) is 1. The number of nitrogens with one attached hydrogen (secondary N) is 1. The summed E-state index contributed by atoms with van der Waals surface area (Å²) in [6, 6.07) is 0. The molecule has 8 heteroatoms. The predicted molar refractivity (Wildman–Crippen MR) is 64.7 cm³/mol. The number of aromatic nitrogens is 2. The lowest BCUT2D eigenvalue weighted by Crippen LogP contribution is -2.33. The molecule has 1 aromatic rings. The lowest BCUT2D eigenvalue weighted by Gasteiger charge is -2.19. The summed E-state index contributed by atoms with van der Waals surface area (Å²) in [6.07, 6.45) is -0.219. The Morgan fingerprint density at radius 1 is 1.44 bits per heavy atom. The van der Waals surface area contributed by atoms with Gasteiger partial charge in [-0.3, -0.25) is 9.89 Å². The second kappa shape index (κ2) is 5.49. The van der Waals surface area contributed by atoms with Crippen molar-refractivity contribution in [3.05, 3.63) is 11.4 Å². The van der Waals surface area contributed by atoms with Gasteiger partial charge in [0.05, 0.1) is 17.8 Å². The molecule has 0 saturated carbocycles. The number of hydrogen-bond donors (Lipinski definition) is 2. The van der Waals surface area contributed by atoms with E-state index in [0.717, 1.165) is 4.31 Å². The van der Waals surface area contributed by atoms with Crippen molar-refractivity contribution in [3.8, 4) is 0 Å². The number of hydrogen-bond acceptors (Lipinski definition) is 4. The first-order chi connectivity index (χ1) is 8.30. The van der Waals surface area contributed by atoms with Crippen LogP contribution in [0.15, 0.2) is 4.90 Å². The molecular formula is C10H17N3O4S. The van der Waals surface area contributed by atoms with Crippen molar-refractivity contribution in [3.63, 3.8) is 0 Å². The van der Waals surface area contributed by atoms with Crippen LogP contribution in [-0.4, -0.2) is 47.1 Å². The average molecular weight is 275 g/mol. The average Bonchev–Trinajstić information content (AvgIpc) is 2.58. The van der Waals surface area contributed by atoms with Crippen LogP contribution in [0, 0.1) is 13.8 Å². The van der Waals surface area contributed by atoms with Gasteiger partial charge in [0.2, 0.25) is 10.0 Å². The lowest BCUT2D eigenvalue weighted by atomic mass is 10.4. The van der Waals surface area contributed by atoms with Gasteiger partial charge in [0.1, 0.15) is 4.90 Å². The van der Waals surface area contributed by atoms with Crippen molar-refractivity contribution in [1.82, 2.24) is 14.5 Å². The minimum atomic E-state index is -3.69. The molecule has 102 valence electrons. The van der Waals surface area contributed by atoms with Crippen LogP contribution in [0.3, 0.4) is 0 Å². The maximum absolute atomic E-state index is 12.4. The van der Waals surface area contributed by atoms with Gasteiger partial charge in [-0.1, -0.05) is 6.92 Å². The number of carboxylic acids is 1. The number of H-pyrrole nitrogens is 1. The summed E-state index contributed by atoms with van der Waals surface area (Å²) >= 11 is 0. The largest absolute Gasteiger partial charge is 0.481 e. The molecule has 0 fully saturated rings. The van der Waals surface area contributed by atoms with Gasteiger partial charge < -0.3 is 5.11 Å². The van der Waals surface area contributed by atoms with Gasteiger partial charge in [0, 0.05) is 13.1 Å². The topological polar surface area (TPSA) is 103 Å². The standard InChI is InChI=1S/C10H17N3O4S/c1-4-13(6-5-9(14)15)18(16,17)10-7(2)11-12-8(10)3/h4-6H2,1-3H3,(H,11,12)(H,14,15). The molecule has 1 aromatic heterocycles. The third kappa shape index (κ3) is 2.88. The van der Waals surface area contributed by atoms with Crippen molar-refractivity contribution in [1.29, 1.82) is 0 Å². The molecule has 0 atom stereocenters.